The van der Waals surface area contributed by atoms with Crippen molar-refractivity contribution >= 4 is 5.91 Å². The molecule has 0 bridgehead atoms. The summed E-state index contributed by atoms with van der Waals surface area (Å²) < 4.78 is 0. The third-order valence-electron chi connectivity index (χ3n) is 3.78. The maximum atomic E-state index is 12.7. The fourth-order valence-corrected chi connectivity index (χ4v) is 2.43. The van der Waals surface area contributed by atoms with Gasteiger partial charge in [0.2, 0.25) is 5.91 Å². The molecule has 0 fully saturated rings. The summed E-state index contributed by atoms with van der Waals surface area (Å²) in [7, 11) is 0. The number of aliphatic hydroxyl groups excluding tert-OH is 1. The Morgan fingerprint density at radius 1 is 1.00 bits per heavy atom. The molecule has 0 heterocycles. The Kier molecular flexibility index (Phi) is 5.12. The van der Waals surface area contributed by atoms with Gasteiger partial charge in [0.1, 0.15) is 0 Å². The van der Waals surface area contributed by atoms with Crippen molar-refractivity contribution in [3.8, 4) is 0 Å². The number of nitrogens with one attached hydrogen (secondary N) is 1. The predicted octanol–water partition coefficient (Wildman–Crippen LogP) is 2.49. The minimum absolute atomic E-state index is 0.0478. The normalized spacial score (nSPS) is 11.1. The molecule has 0 aliphatic heterocycles. The number of hydrogen-bond acceptors (Lipinski definition) is 2. The standard InChI is InChI=1S/C18H21NO2/c1-18(15-9-4-2-5-10-15,16-11-6-3-7-12-16)17(21)19-13-8-14-20/h2-7,9-12,20H,8,13-14H2,1H3,(H,19,21). The number of amides is 1. The van der Waals surface area contributed by atoms with Crippen LogP contribution in [0.4, 0.5) is 0 Å². The van der Waals surface area contributed by atoms with E-state index < -0.39 is 5.41 Å². The molecule has 1 amide bonds. The van der Waals surface area contributed by atoms with Crippen LogP contribution >= 0.6 is 0 Å². The summed E-state index contributed by atoms with van der Waals surface area (Å²) >= 11 is 0. The molecule has 3 heteroatoms. The lowest BCUT2D eigenvalue weighted by Crippen LogP contribution is -2.43. The van der Waals surface area contributed by atoms with Gasteiger partial charge in [-0.15, -0.1) is 0 Å². The van der Waals surface area contributed by atoms with Gasteiger partial charge in [0.15, 0.2) is 0 Å². The van der Waals surface area contributed by atoms with Crippen molar-refractivity contribution in [2.75, 3.05) is 13.2 Å². The smallest absolute Gasteiger partial charge is 0.234 e. The number of rotatable bonds is 6. The second-order valence-corrected chi connectivity index (χ2v) is 5.19. The van der Waals surface area contributed by atoms with E-state index in [0.717, 1.165) is 11.1 Å². The van der Waals surface area contributed by atoms with Gasteiger partial charge in [0.05, 0.1) is 5.41 Å². The zero-order valence-corrected chi connectivity index (χ0v) is 12.3. The number of carbonyl (C=O) groups is 1. The average molecular weight is 283 g/mol. The lowest BCUT2D eigenvalue weighted by Gasteiger charge is -2.29. The second kappa shape index (κ2) is 7.04. The molecule has 110 valence electrons. The molecule has 2 aromatic carbocycles. The van der Waals surface area contributed by atoms with Gasteiger partial charge >= 0.3 is 0 Å². The van der Waals surface area contributed by atoms with E-state index in [4.69, 9.17) is 5.11 Å². The monoisotopic (exact) mass is 283 g/mol. The Bertz CT molecular complexity index is 527. The molecule has 2 aromatic rings. The van der Waals surface area contributed by atoms with Crippen molar-refractivity contribution in [3.05, 3.63) is 71.8 Å². The zero-order chi connectivity index (χ0) is 15.1. The van der Waals surface area contributed by atoms with Crippen LogP contribution in [0.2, 0.25) is 0 Å². The van der Waals surface area contributed by atoms with Crippen molar-refractivity contribution in [3.63, 3.8) is 0 Å². The van der Waals surface area contributed by atoms with E-state index >= 15 is 0 Å². The molecule has 0 spiro atoms. The van der Waals surface area contributed by atoms with Crippen LogP contribution in [0, 0.1) is 0 Å². The van der Waals surface area contributed by atoms with Crippen molar-refractivity contribution in [1.82, 2.24) is 5.32 Å². The highest BCUT2D eigenvalue weighted by Crippen LogP contribution is 2.32. The predicted molar refractivity (Wildman–Crippen MR) is 84.1 cm³/mol. The van der Waals surface area contributed by atoms with Crippen LogP contribution in [-0.4, -0.2) is 24.2 Å². The first-order chi connectivity index (χ1) is 10.2. The van der Waals surface area contributed by atoms with Crippen LogP contribution in [0.25, 0.3) is 0 Å². The van der Waals surface area contributed by atoms with E-state index in [1.54, 1.807) is 0 Å². The minimum atomic E-state index is -0.738. The first-order valence-electron chi connectivity index (χ1n) is 7.20. The lowest BCUT2D eigenvalue weighted by molar-refractivity contribution is -0.124. The van der Waals surface area contributed by atoms with Gasteiger partial charge in [-0.05, 0) is 24.5 Å². The van der Waals surface area contributed by atoms with Gasteiger partial charge in [-0.1, -0.05) is 60.7 Å². The quantitative estimate of drug-likeness (QED) is 0.800. The summed E-state index contributed by atoms with van der Waals surface area (Å²) in [4.78, 5) is 12.7. The molecule has 0 saturated carbocycles. The Morgan fingerprint density at radius 3 is 1.90 bits per heavy atom. The highest BCUT2D eigenvalue weighted by molar-refractivity contribution is 5.91. The largest absolute Gasteiger partial charge is 0.396 e. The molecule has 0 aromatic heterocycles. The van der Waals surface area contributed by atoms with Crippen molar-refractivity contribution in [2.45, 2.75) is 18.8 Å². The first-order valence-corrected chi connectivity index (χ1v) is 7.20. The summed E-state index contributed by atoms with van der Waals surface area (Å²) in [6.07, 6.45) is 0.561. The molecule has 3 nitrogen and oxygen atoms in total. The number of carbonyl (C=O) groups excluding carboxylic acids is 1. The lowest BCUT2D eigenvalue weighted by atomic mass is 9.75. The summed E-state index contributed by atoms with van der Waals surface area (Å²) in [5.41, 5.74) is 1.17. The van der Waals surface area contributed by atoms with Gasteiger partial charge in [0, 0.05) is 13.2 Å². The van der Waals surface area contributed by atoms with Gasteiger partial charge in [-0.3, -0.25) is 4.79 Å². The summed E-state index contributed by atoms with van der Waals surface area (Å²) in [5, 5.41) is 11.8. The van der Waals surface area contributed by atoms with E-state index in [1.807, 2.05) is 67.6 Å². The van der Waals surface area contributed by atoms with Crippen LogP contribution in [-0.2, 0) is 10.2 Å². The molecule has 0 unspecified atom stereocenters. The number of hydrogen-bond donors (Lipinski definition) is 2. The van der Waals surface area contributed by atoms with Gasteiger partial charge < -0.3 is 10.4 Å². The van der Waals surface area contributed by atoms with Crippen LogP contribution < -0.4 is 5.32 Å². The molecule has 0 radical (unpaired) electrons. The van der Waals surface area contributed by atoms with Crippen LogP contribution in [0.15, 0.2) is 60.7 Å². The maximum absolute atomic E-state index is 12.7. The molecular weight excluding hydrogens is 262 g/mol. The van der Waals surface area contributed by atoms with Crippen LogP contribution in [0.5, 0.6) is 0 Å². The van der Waals surface area contributed by atoms with E-state index in [0.29, 0.717) is 13.0 Å². The van der Waals surface area contributed by atoms with E-state index in [1.165, 1.54) is 0 Å². The van der Waals surface area contributed by atoms with Crippen LogP contribution in [0.3, 0.4) is 0 Å². The van der Waals surface area contributed by atoms with Crippen molar-refractivity contribution in [1.29, 1.82) is 0 Å². The minimum Gasteiger partial charge on any atom is -0.396 e. The highest BCUT2D eigenvalue weighted by Gasteiger charge is 2.36. The van der Waals surface area contributed by atoms with Gasteiger partial charge in [0.25, 0.3) is 0 Å². The van der Waals surface area contributed by atoms with Gasteiger partial charge in [-0.2, -0.15) is 0 Å². The highest BCUT2D eigenvalue weighted by atomic mass is 16.3. The summed E-state index contributed by atoms with van der Waals surface area (Å²) in [5.74, 6) is -0.0478. The van der Waals surface area contributed by atoms with E-state index in [9.17, 15) is 4.79 Å². The third-order valence-corrected chi connectivity index (χ3v) is 3.78. The summed E-state index contributed by atoms with van der Waals surface area (Å²) in [6.45, 7) is 2.49. The third kappa shape index (κ3) is 3.31. The maximum Gasteiger partial charge on any atom is 0.234 e. The van der Waals surface area contributed by atoms with Gasteiger partial charge in [-0.25, -0.2) is 0 Å². The average Bonchev–Trinajstić information content (AvgIpc) is 2.56. The van der Waals surface area contributed by atoms with Crippen molar-refractivity contribution < 1.29 is 9.90 Å². The number of aliphatic hydroxyl groups is 1. The molecule has 0 aliphatic carbocycles. The van der Waals surface area contributed by atoms with E-state index in [-0.39, 0.29) is 12.5 Å². The Morgan fingerprint density at radius 2 is 1.48 bits per heavy atom. The molecule has 0 saturated heterocycles. The fourth-order valence-electron chi connectivity index (χ4n) is 2.43. The Hall–Kier alpha value is -2.13. The fraction of sp³-hybridized carbons (Fsp3) is 0.278. The molecule has 21 heavy (non-hydrogen) atoms. The first kappa shape index (κ1) is 15.3. The molecule has 2 rings (SSSR count). The molecular formula is C18H21NO2. The molecule has 0 atom stereocenters. The summed E-state index contributed by atoms with van der Waals surface area (Å²) in [6, 6.07) is 19.5. The van der Waals surface area contributed by atoms with E-state index in [2.05, 4.69) is 5.32 Å². The second-order valence-electron chi connectivity index (χ2n) is 5.19. The Balaban J connectivity index is 2.38. The van der Waals surface area contributed by atoms with Crippen molar-refractivity contribution in [2.24, 2.45) is 0 Å². The zero-order valence-electron chi connectivity index (χ0n) is 12.3. The molecule has 0 aliphatic rings. The number of benzene rings is 2. The SMILES string of the molecule is CC(C(=O)NCCCO)(c1ccccc1)c1ccccc1. The molecule has 2 N–H and O–H groups in total. The van der Waals surface area contributed by atoms with Crippen LogP contribution in [0.1, 0.15) is 24.5 Å². The Labute approximate surface area is 125 Å². The topological polar surface area (TPSA) is 49.3 Å².